The van der Waals surface area contributed by atoms with Crippen LogP contribution >= 0.6 is 0 Å². The lowest BCUT2D eigenvalue weighted by Gasteiger charge is -2.31. The molecule has 3 aromatic rings. The maximum Gasteiger partial charge on any atom is 0.290 e. The Balaban J connectivity index is 1.62. The fraction of sp³-hybridized carbons (Fsp3) is 0.333. The molecule has 0 bridgehead atoms. The summed E-state index contributed by atoms with van der Waals surface area (Å²) >= 11 is 0. The average molecular weight is 465 g/mol. The van der Waals surface area contributed by atoms with Crippen LogP contribution < -0.4 is 10.2 Å². The summed E-state index contributed by atoms with van der Waals surface area (Å²) in [7, 11) is 1.50. The predicted octanol–water partition coefficient (Wildman–Crippen LogP) is 2.59. The van der Waals surface area contributed by atoms with E-state index in [1.807, 2.05) is 0 Å². The number of hydrogen-bond acceptors (Lipinski definition) is 8. The van der Waals surface area contributed by atoms with E-state index in [-0.39, 0.29) is 28.0 Å². The zero-order valence-corrected chi connectivity index (χ0v) is 18.6. The third-order valence-electron chi connectivity index (χ3n) is 6.33. The molecule has 0 aliphatic carbocycles. The Bertz CT molecular complexity index is 1330. The minimum Gasteiger partial charge on any atom is -0.497 e. The van der Waals surface area contributed by atoms with Crippen LogP contribution in [0.5, 0.6) is 5.75 Å². The number of carbonyl (C=O) groups excluding carboxylic acids is 1. The van der Waals surface area contributed by atoms with Gasteiger partial charge in [0.25, 0.3) is 11.6 Å². The van der Waals surface area contributed by atoms with Gasteiger partial charge in [-0.05, 0) is 17.7 Å². The number of nitro benzene ring substituents is 1. The van der Waals surface area contributed by atoms with Gasteiger partial charge in [-0.2, -0.15) is 0 Å². The molecule has 34 heavy (non-hydrogen) atoms. The summed E-state index contributed by atoms with van der Waals surface area (Å²) in [4.78, 5) is 41.8. The minimum absolute atomic E-state index is 0.0377. The predicted molar refractivity (Wildman–Crippen MR) is 122 cm³/mol. The summed E-state index contributed by atoms with van der Waals surface area (Å²) in [5.74, 6) is 0.0475. The van der Waals surface area contributed by atoms with Crippen molar-refractivity contribution in [3.8, 4) is 5.75 Å². The average Bonchev–Trinajstić information content (AvgIpc) is 3.14. The second-order valence-electron chi connectivity index (χ2n) is 8.24. The largest absolute Gasteiger partial charge is 0.497 e. The number of amides is 1. The Hall–Kier alpha value is -3.76. The van der Waals surface area contributed by atoms with Crippen LogP contribution in [0.1, 0.15) is 27.7 Å². The van der Waals surface area contributed by atoms with Crippen molar-refractivity contribution >= 4 is 22.6 Å². The first-order valence-corrected chi connectivity index (χ1v) is 11.0. The highest BCUT2D eigenvalue weighted by atomic mass is 16.6. The lowest BCUT2D eigenvalue weighted by molar-refractivity contribution is -0.384. The molecule has 0 saturated carbocycles. The molecule has 0 radical (unpaired) electrons. The van der Waals surface area contributed by atoms with Crippen molar-refractivity contribution in [2.24, 2.45) is 0 Å². The van der Waals surface area contributed by atoms with Gasteiger partial charge in [-0.15, -0.1) is 0 Å². The molecule has 176 valence electrons. The van der Waals surface area contributed by atoms with E-state index in [1.54, 1.807) is 35.2 Å². The maximum absolute atomic E-state index is 13.6. The number of morpholine rings is 1. The number of carbonyl (C=O) groups is 1. The van der Waals surface area contributed by atoms with Gasteiger partial charge in [-0.1, -0.05) is 12.1 Å². The van der Waals surface area contributed by atoms with E-state index in [4.69, 9.17) is 13.9 Å². The van der Waals surface area contributed by atoms with Gasteiger partial charge in [0.05, 0.1) is 42.2 Å². The second-order valence-corrected chi connectivity index (χ2v) is 8.24. The van der Waals surface area contributed by atoms with Crippen molar-refractivity contribution in [2.45, 2.75) is 6.04 Å². The Morgan fingerprint density at radius 1 is 1.12 bits per heavy atom. The minimum atomic E-state index is -0.786. The molecule has 5 rings (SSSR count). The van der Waals surface area contributed by atoms with Crippen molar-refractivity contribution in [3.05, 3.63) is 79.7 Å². The van der Waals surface area contributed by atoms with Crippen LogP contribution in [0.2, 0.25) is 0 Å². The first-order chi connectivity index (χ1) is 16.5. The highest BCUT2D eigenvalue weighted by Gasteiger charge is 2.43. The number of hydrogen-bond donors (Lipinski definition) is 0. The zero-order valence-electron chi connectivity index (χ0n) is 18.6. The van der Waals surface area contributed by atoms with Crippen molar-refractivity contribution in [2.75, 3.05) is 46.5 Å². The molecule has 2 aromatic carbocycles. The molecule has 10 nitrogen and oxygen atoms in total. The lowest BCUT2D eigenvalue weighted by Crippen LogP contribution is -2.42. The molecule has 1 aromatic heterocycles. The van der Waals surface area contributed by atoms with E-state index in [0.717, 1.165) is 13.1 Å². The molecule has 0 N–H and O–H groups in total. The lowest BCUT2D eigenvalue weighted by atomic mass is 9.98. The van der Waals surface area contributed by atoms with Crippen molar-refractivity contribution in [1.29, 1.82) is 0 Å². The monoisotopic (exact) mass is 465 g/mol. The summed E-state index contributed by atoms with van der Waals surface area (Å²) in [5.41, 5.74) is 0.497. The van der Waals surface area contributed by atoms with Gasteiger partial charge in [-0.3, -0.25) is 24.6 Å². The van der Waals surface area contributed by atoms with Gasteiger partial charge < -0.3 is 18.8 Å². The quantitative estimate of drug-likeness (QED) is 0.403. The molecular weight excluding hydrogens is 442 g/mol. The van der Waals surface area contributed by atoms with Gasteiger partial charge in [-0.25, -0.2) is 0 Å². The van der Waals surface area contributed by atoms with Crippen LogP contribution in [0.4, 0.5) is 5.69 Å². The van der Waals surface area contributed by atoms with E-state index in [1.165, 1.54) is 19.2 Å². The Morgan fingerprint density at radius 2 is 1.91 bits per heavy atom. The molecule has 1 unspecified atom stereocenters. The number of nitro groups is 1. The van der Waals surface area contributed by atoms with E-state index >= 15 is 0 Å². The smallest absolute Gasteiger partial charge is 0.290 e. The summed E-state index contributed by atoms with van der Waals surface area (Å²) in [5, 5.41) is 11.7. The van der Waals surface area contributed by atoms with Gasteiger partial charge in [0.1, 0.15) is 11.3 Å². The molecule has 1 atom stereocenters. The zero-order chi connectivity index (χ0) is 23.8. The summed E-state index contributed by atoms with van der Waals surface area (Å²) in [6, 6.07) is 10.1. The van der Waals surface area contributed by atoms with E-state index in [9.17, 15) is 19.7 Å². The number of fused-ring (bicyclic) bond motifs is 2. The number of nitrogens with zero attached hydrogens (tertiary/aromatic N) is 3. The molecule has 3 heterocycles. The summed E-state index contributed by atoms with van der Waals surface area (Å²) < 4.78 is 16.6. The molecule has 1 amide bonds. The Morgan fingerprint density at radius 3 is 2.65 bits per heavy atom. The van der Waals surface area contributed by atoms with Crippen LogP contribution in [0.25, 0.3) is 11.0 Å². The van der Waals surface area contributed by atoms with Crippen LogP contribution in [-0.2, 0) is 4.74 Å². The fourth-order valence-corrected chi connectivity index (χ4v) is 4.59. The van der Waals surface area contributed by atoms with E-state index in [0.29, 0.717) is 43.0 Å². The highest BCUT2D eigenvalue weighted by Crippen LogP contribution is 2.39. The van der Waals surface area contributed by atoms with Gasteiger partial charge in [0, 0.05) is 44.4 Å². The standard InChI is InChI=1S/C24H23N3O7/c1-32-17-5-6-18-19(14-17)34-23-20(22(18)28)21(15-3-2-4-16(13-15)27(30)31)26(24(23)29)8-7-25-9-11-33-12-10-25/h2-6,13-14,21H,7-12H2,1H3. The summed E-state index contributed by atoms with van der Waals surface area (Å²) in [6.07, 6.45) is 0. The molecule has 2 aliphatic rings. The van der Waals surface area contributed by atoms with Gasteiger partial charge >= 0.3 is 0 Å². The number of non-ortho nitro benzene ring substituents is 1. The number of benzene rings is 2. The van der Waals surface area contributed by atoms with Gasteiger partial charge in [0.15, 0.2) is 5.43 Å². The molecular formula is C24H23N3O7. The maximum atomic E-state index is 13.6. The Kier molecular flexibility index (Phi) is 5.76. The van der Waals surface area contributed by atoms with Gasteiger partial charge in [0.2, 0.25) is 5.76 Å². The number of rotatable bonds is 6. The molecule has 0 spiro atoms. The van der Waals surface area contributed by atoms with E-state index in [2.05, 4.69) is 4.90 Å². The molecule has 10 heteroatoms. The normalized spacial score (nSPS) is 18.3. The van der Waals surface area contributed by atoms with E-state index < -0.39 is 16.9 Å². The molecule has 2 aliphatic heterocycles. The molecule has 1 fully saturated rings. The third-order valence-corrected chi connectivity index (χ3v) is 6.33. The number of ether oxygens (including phenoxy) is 2. The SMILES string of the molecule is COc1ccc2c(=O)c3c(oc2c1)C(=O)N(CCN1CCOCC1)C3c1cccc([N+](=O)[O-])c1. The van der Waals surface area contributed by atoms with Crippen molar-refractivity contribution in [3.63, 3.8) is 0 Å². The molecule has 1 saturated heterocycles. The third kappa shape index (κ3) is 3.80. The van der Waals surface area contributed by atoms with Crippen LogP contribution in [0, 0.1) is 10.1 Å². The van der Waals surface area contributed by atoms with Crippen molar-refractivity contribution in [1.82, 2.24) is 9.80 Å². The van der Waals surface area contributed by atoms with Crippen molar-refractivity contribution < 1.29 is 23.6 Å². The highest BCUT2D eigenvalue weighted by molar-refractivity contribution is 5.99. The topological polar surface area (TPSA) is 115 Å². The number of methoxy groups -OCH3 is 1. The summed E-state index contributed by atoms with van der Waals surface area (Å²) in [6.45, 7) is 3.64. The Labute approximate surface area is 194 Å². The van der Waals surface area contributed by atoms with Crippen LogP contribution in [0.3, 0.4) is 0 Å². The second kappa shape index (κ2) is 8.88. The van der Waals surface area contributed by atoms with Crippen LogP contribution in [0.15, 0.2) is 51.7 Å². The van der Waals surface area contributed by atoms with Crippen LogP contribution in [-0.4, -0.2) is 67.1 Å². The fourth-order valence-electron chi connectivity index (χ4n) is 4.59. The first kappa shape index (κ1) is 22.1. The first-order valence-electron chi connectivity index (χ1n) is 11.0.